The lowest BCUT2D eigenvalue weighted by Crippen LogP contribution is -2.47. The Morgan fingerprint density at radius 1 is 1.00 bits per heavy atom. The molecule has 1 heterocycles. The van der Waals surface area contributed by atoms with Crippen molar-refractivity contribution in [3.8, 4) is 0 Å². The minimum Gasteiger partial charge on any atom is -0.391 e. The standard InChI is InChI=1S/C37H52N4O6S/c1-4-14-40(15-5-2)37(45)30-22-29(23-31(24-30)41-16-9-17-48(41,46)47)36(44)39-33(20-26-10-7-6-8-11-26)34(42)18-25(3)35(43)38-32-21-27-12-13-28(32)19-27/h6-8,10-11,22-25,27-28,32-34,42H,4-5,9,12-21H2,1-3H3,(H,38,43)(H,39,44)/t25-,27?,28?,32?,33+,34+/m1/s1. The van der Waals surface area contributed by atoms with E-state index in [1.165, 1.54) is 29.3 Å². The minimum atomic E-state index is -3.58. The third kappa shape index (κ3) is 8.58. The molecule has 2 aromatic carbocycles. The predicted octanol–water partition coefficient (Wildman–Crippen LogP) is 4.52. The molecule has 2 aromatic rings. The number of amides is 3. The lowest BCUT2D eigenvalue weighted by atomic mass is 9.91. The third-order valence-corrected chi connectivity index (χ3v) is 12.1. The minimum absolute atomic E-state index is 0.00356. The van der Waals surface area contributed by atoms with Crippen molar-refractivity contribution < 1.29 is 27.9 Å². The van der Waals surface area contributed by atoms with Gasteiger partial charge in [-0.25, -0.2) is 8.42 Å². The zero-order chi connectivity index (χ0) is 34.4. The summed E-state index contributed by atoms with van der Waals surface area (Å²) in [5.41, 5.74) is 1.57. The summed E-state index contributed by atoms with van der Waals surface area (Å²) < 4.78 is 27.1. The van der Waals surface area contributed by atoms with Crippen LogP contribution in [-0.2, 0) is 21.2 Å². The van der Waals surface area contributed by atoms with Crippen LogP contribution in [0.5, 0.6) is 0 Å². The van der Waals surface area contributed by atoms with Crippen LogP contribution in [0, 0.1) is 17.8 Å². The molecule has 3 aliphatic rings. The number of benzene rings is 2. The molecule has 3 fully saturated rings. The number of rotatable bonds is 15. The van der Waals surface area contributed by atoms with Crippen LogP contribution in [0.25, 0.3) is 0 Å². The molecule has 0 spiro atoms. The van der Waals surface area contributed by atoms with Crippen molar-refractivity contribution in [3.05, 3.63) is 65.2 Å². The second-order valence-electron chi connectivity index (χ2n) is 14.1. The van der Waals surface area contributed by atoms with Gasteiger partial charge in [-0.3, -0.25) is 18.7 Å². The lowest BCUT2D eigenvalue weighted by molar-refractivity contribution is -0.126. The Morgan fingerprint density at radius 3 is 2.31 bits per heavy atom. The zero-order valence-corrected chi connectivity index (χ0v) is 29.4. The summed E-state index contributed by atoms with van der Waals surface area (Å²) in [6, 6.07) is 13.6. The first-order valence-electron chi connectivity index (χ1n) is 17.8. The van der Waals surface area contributed by atoms with Crippen LogP contribution >= 0.6 is 0 Å². The number of fused-ring (bicyclic) bond motifs is 2. The molecule has 48 heavy (non-hydrogen) atoms. The highest BCUT2D eigenvalue weighted by molar-refractivity contribution is 7.93. The highest BCUT2D eigenvalue weighted by Crippen LogP contribution is 2.44. The molecule has 1 saturated heterocycles. The molecular formula is C37H52N4O6S. The monoisotopic (exact) mass is 680 g/mol. The molecule has 3 amide bonds. The van der Waals surface area contributed by atoms with E-state index in [-0.39, 0.29) is 53.4 Å². The van der Waals surface area contributed by atoms with Gasteiger partial charge in [0.1, 0.15) is 0 Å². The number of nitrogens with zero attached hydrogens (tertiary/aromatic N) is 2. The zero-order valence-electron chi connectivity index (χ0n) is 28.6. The maximum absolute atomic E-state index is 14.0. The predicted molar refractivity (Wildman–Crippen MR) is 187 cm³/mol. The summed E-state index contributed by atoms with van der Waals surface area (Å²) in [4.78, 5) is 42.6. The molecule has 6 atom stereocenters. The van der Waals surface area contributed by atoms with Gasteiger partial charge in [-0.2, -0.15) is 0 Å². The smallest absolute Gasteiger partial charge is 0.253 e. The lowest BCUT2D eigenvalue weighted by Gasteiger charge is -2.28. The van der Waals surface area contributed by atoms with Gasteiger partial charge in [-0.05, 0) is 87.0 Å². The second-order valence-corrected chi connectivity index (χ2v) is 16.1. The number of carbonyl (C=O) groups is 3. The molecular weight excluding hydrogens is 628 g/mol. The van der Waals surface area contributed by atoms with Crippen molar-refractivity contribution in [1.29, 1.82) is 0 Å². The van der Waals surface area contributed by atoms with Crippen LogP contribution in [0.3, 0.4) is 0 Å². The van der Waals surface area contributed by atoms with Crippen molar-refractivity contribution in [2.45, 2.75) is 96.7 Å². The Kier molecular flexibility index (Phi) is 11.8. The molecule has 11 heteroatoms. The fourth-order valence-electron chi connectivity index (χ4n) is 7.76. The number of aliphatic hydroxyl groups is 1. The van der Waals surface area contributed by atoms with E-state index in [4.69, 9.17) is 0 Å². The molecule has 0 aromatic heterocycles. The van der Waals surface area contributed by atoms with E-state index in [1.54, 1.807) is 11.0 Å². The van der Waals surface area contributed by atoms with Crippen LogP contribution in [0.2, 0.25) is 0 Å². The maximum atomic E-state index is 14.0. The number of sulfonamides is 1. The summed E-state index contributed by atoms with van der Waals surface area (Å²) in [6.45, 7) is 7.14. The normalized spacial score (nSPS) is 23.0. The number of hydrogen-bond donors (Lipinski definition) is 3. The number of anilines is 1. The summed E-state index contributed by atoms with van der Waals surface area (Å²) in [5, 5.41) is 17.8. The summed E-state index contributed by atoms with van der Waals surface area (Å²) in [5.74, 6) is -0.0911. The first-order chi connectivity index (χ1) is 23.0. The van der Waals surface area contributed by atoms with Crippen LogP contribution < -0.4 is 14.9 Å². The molecule has 0 radical (unpaired) electrons. The second kappa shape index (κ2) is 15.8. The molecule has 2 bridgehead atoms. The number of aliphatic hydroxyl groups excluding tert-OH is 1. The van der Waals surface area contributed by atoms with Crippen LogP contribution in [0.15, 0.2) is 48.5 Å². The van der Waals surface area contributed by atoms with Gasteiger partial charge in [0.05, 0.1) is 23.6 Å². The Morgan fingerprint density at radius 2 is 1.71 bits per heavy atom. The highest BCUT2D eigenvalue weighted by atomic mass is 32.2. The average Bonchev–Trinajstić information content (AvgIpc) is 3.79. The third-order valence-electron chi connectivity index (χ3n) is 10.3. The van der Waals surface area contributed by atoms with Crippen molar-refractivity contribution in [2.75, 3.05) is 29.7 Å². The summed E-state index contributed by atoms with van der Waals surface area (Å²) in [7, 11) is -3.58. The number of nitrogens with one attached hydrogen (secondary N) is 2. The van der Waals surface area contributed by atoms with E-state index >= 15 is 0 Å². The van der Waals surface area contributed by atoms with Gasteiger partial charge in [0.15, 0.2) is 0 Å². The first-order valence-corrected chi connectivity index (χ1v) is 19.4. The van der Waals surface area contributed by atoms with E-state index in [0.717, 1.165) is 31.2 Å². The van der Waals surface area contributed by atoms with Gasteiger partial charge in [0, 0.05) is 42.7 Å². The van der Waals surface area contributed by atoms with E-state index in [9.17, 15) is 27.9 Å². The number of hydrogen-bond acceptors (Lipinski definition) is 6. The fourth-order valence-corrected chi connectivity index (χ4v) is 9.31. The number of carbonyl (C=O) groups excluding carboxylic acids is 3. The van der Waals surface area contributed by atoms with E-state index < -0.39 is 34.0 Å². The fraction of sp³-hybridized carbons (Fsp3) is 0.595. The van der Waals surface area contributed by atoms with Crippen molar-refractivity contribution >= 4 is 33.4 Å². The van der Waals surface area contributed by atoms with Gasteiger partial charge in [-0.1, -0.05) is 57.5 Å². The Balaban J connectivity index is 1.38. The van der Waals surface area contributed by atoms with Crippen LogP contribution in [0.4, 0.5) is 5.69 Å². The molecule has 3 N–H and O–H groups in total. The van der Waals surface area contributed by atoms with Crippen molar-refractivity contribution in [3.63, 3.8) is 0 Å². The molecule has 262 valence electrons. The van der Waals surface area contributed by atoms with E-state index in [1.807, 2.05) is 51.1 Å². The van der Waals surface area contributed by atoms with Gasteiger partial charge in [0.25, 0.3) is 11.8 Å². The van der Waals surface area contributed by atoms with E-state index in [0.29, 0.717) is 37.8 Å². The Labute approximate surface area is 285 Å². The average molecular weight is 681 g/mol. The van der Waals surface area contributed by atoms with Crippen LogP contribution in [-0.4, -0.2) is 79.7 Å². The first kappa shape index (κ1) is 35.9. The molecule has 1 aliphatic heterocycles. The van der Waals surface area contributed by atoms with E-state index in [2.05, 4.69) is 10.6 Å². The molecule has 2 aliphatic carbocycles. The van der Waals surface area contributed by atoms with Gasteiger partial charge < -0.3 is 20.6 Å². The Hall–Kier alpha value is -3.44. The quantitative estimate of drug-likeness (QED) is 0.253. The topological polar surface area (TPSA) is 136 Å². The van der Waals surface area contributed by atoms with Crippen molar-refractivity contribution in [1.82, 2.24) is 15.5 Å². The molecule has 10 nitrogen and oxygen atoms in total. The Bertz CT molecular complexity index is 1540. The van der Waals surface area contributed by atoms with Crippen LogP contribution in [0.1, 0.15) is 98.4 Å². The molecule has 5 rings (SSSR count). The SMILES string of the molecule is CCCN(CCC)C(=O)c1cc(C(=O)N[C@@H](Cc2ccccc2)[C@@H](O)C[C@@H](C)C(=O)NC2CC3CCC2C3)cc(N2CCCS2(=O)=O)c1. The van der Waals surface area contributed by atoms with Gasteiger partial charge >= 0.3 is 0 Å². The molecule has 2 saturated carbocycles. The maximum Gasteiger partial charge on any atom is 0.253 e. The molecule has 3 unspecified atom stereocenters. The summed E-state index contributed by atoms with van der Waals surface area (Å²) in [6.07, 6.45) is 6.02. The van der Waals surface area contributed by atoms with Crippen molar-refractivity contribution in [2.24, 2.45) is 17.8 Å². The van der Waals surface area contributed by atoms with Gasteiger partial charge in [-0.15, -0.1) is 0 Å². The van der Waals surface area contributed by atoms with Gasteiger partial charge in [0.2, 0.25) is 15.9 Å². The highest BCUT2D eigenvalue weighted by Gasteiger charge is 2.41. The summed E-state index contributed by atoms with van der Waals surface area (Å²) >= 11 is 0. The largest absolute Gasteiger partial charge is 0.391 e.